The number of amides is 1. The normalized spacial score (nSPS) is 14.5. The van der Waals surface area contributed by atoms with Crippen LogP contribution in [-0.4, -0.2) is 57.5 Å². The Bertz CT molecular complexity index is 1810. The predicted octanol–water partition coefficient (Wildman–Crippen LogP) is 5.70. The molecule has 0 saturated heterocycles. The molecule has 40 heavy (non-hydrogen) atoms. The van der Waals surface area contributed by atoms with Crippen molar-refractivity contribution in [3.05, 3.63) is 59.3 Å². The van der Waals surface area contributed by atoms with Crippen molar-refractivity contribution in [2.75, 3.05) is 25.2 Å². The van der Waals surface area contributed by atoms with Gasteiger partial charge in [0, 0.05) is 11.1 Å². The van der Waals surface area contributed by atoms with Crippen LogP contribution in [-0.2, 0) is 0 Å². The maximum atomic E-state index is 13.7. The molecule has 1 amide bonds. The van der Waals surface area contributed by atoms with Crippen molar-refractivity contribution < 1.29 is 28.5 Å². The van der Waals surface area contributed by atoms with E-state index in [1.807, 2.05) is 32.0 Å². The van der Waals surface area contributed by atoms with E-state index < -0.39 is 18.1 Å². The standard InChI is InChI=1S/C28H24FN5O5S/c1-13-5-18(23-19(6-13)32-21(37-4)10-30-23)27-33-22-14(2)8-20-24(25(22)40-27)38-12-17(39-20)11-34(28(35)36)16-7-15(3)26(29)31-9-16/h5-10,17H,11-12H2,1-4H3,(H,35,36). The third-order valence-corrected chi connectivity index (χ3v) is 7.71. The van der Waals surface area contributed by atoms with Crippen molar-refractivity contribution in [2.24, 2.45) is 0 Å². The maximum Gasteiger partial charge on any atom is 0.411 e. The second kappa shape index (κ2) is 9.87. The van der Waals surface area contributed by atoms with E-state index in [0.717, 1.165) is 36.8 Å². The number of fused-ring (bicyclic) bond motifs is 4. The fourth-order valence-electron chi connectivity index (χ4n) is 4.70. The Morgan fingerprint density at radius 3 is 2.70 bits per heavy atom. The highest BCUT2D eigenvalue weighted by Gasteiger charge is 2.30. The molecule has 0 fully saturated rings. The van der Waals surface area contributed by atoms with Gasteiger partial charge in [0.2, 0.25) is 11.8 Å². The fourth-order valence-corrected chi connectivity index (χ4v) is 5.85. The fraction of sp³-hybridized carbons (Fsp3) is 0.250. The summed E-state index contributed by atoms with van der Waals surface area (Å²) in [5.74, 6) is 0.861. The lowest BCUT2D eigenvalue weighted by atomic mass is 10.1. The quantitative estimate of drug-likeness (QED) is 0.270. The van der Waals surface area contributed by atoms with Crippen LogP contribution in [0.2, 0.25) is 0 Å². The first-order chi connectivity index (χ1) is 19.2. The van der Waals surface area contributed by atoms with Gasteiger partial charge in [-0.25, -0.2) is 24.7 Å². The summed E-state index contributed by atoms with van der Waals surface area (Å²) in [6.07, 6.45) is 0.981. The Kier molecular flexibility index (Phi) is 6.34. The van der Waals surface area contributed by atoms with E-state index in [1.54, 1.807) is 13.3 Å². The molecule has 1 aliphatic heterocycles. The Morgan fingerprint density at radius 1 is 1.12 bits per heavy atom. The molecule has 0 saturated carbocycles. The first-order valence-corrected chi connectivity index (χ1v) is 13.2. The van der Waals surface area contributed by atoms with Crippen molar-refractivity contribution >= 4 is 44.4 Å². The summed E-state index contributed by atoms with van der Waals surface area (Å²) in [7, 11) is 1.55. The molecule has 4 heterocycles. The van der Waals surface area contributed by atoms with E-state index >= 15 is 0 Å². The molecule has 3 aromatic heterocycles. The van der Waals surface area contributed by atoms with Gasteiger partial charge in [-0.15, -0.1) is 11.3 Å². The van der Waals surface area contributed by atoms with Gasteiger partial charge in [0.05, 0.1) is 48.3 Å². The van der Waals surface area contributed by atoms with Crippen LogP contribution in [0.3, 0.4) is 0 Å². The molecule has 5 aromatic rings. The number of pyridine rings is 1. The number of ether oxygens (including phenoxy) is 3. The Labute approximate surface area is 232 Å². The molecule has 0 spiro atoms. The molecule has 1 unspecified atom stereocenters. The highest BCUT2D eigenvalue weighted by Crippen LogP contribution is 2.46. The summed E-state index contributed by atoms with van der Waals surface area (Å²) in [6, 6.07) is 7.27. The minimum Gasteiger partial charge on any atom is -0.484 e. The molecule has 204 valence electrons. The molecule has 1 aliphatic rings. The number of halogens is 1. The van der Waals surface area contributed by atoms with E-state index in [9.17, 15) is 14.3 Å². The molecular formula is C28H24FN5O5S. The zero-order chi connectivity index (χ0) is 28.1. The molecule has 1 atom stereocenters. The van der Waals surface area contributed by atoms with Gasteiger partial charge in [0.15, 0.2) is 17.6 Å². The number of nitrogens with zero attached hydrogens (tertiary/aromatic N) is 5. The number of carbonyl (C=O) groups is 1. The van der Waals surface area contributed by atoms with Crippen molar-refractivity contribution in [3.63, 3.8) is 0 Å². The zero-order valence-electron chi connectivity index (χ0n) is 22.1. The lowest BCUT2D eigenvalue weighted by Crippen LogP contribution is -2.43. The van der Waals surface area contributed by atoms with Gasteiger partial charge >= 0.3 is 6.09 Å². The lowest BCUT2D eigenvalue weighted by molar-refractivity contribution is 0.0961. The van der Waals surface area contributed by atoms with Crippen LogP contribution in [0.4, 0.5) is 14.9 Å². The minimum absolute atomic E-state index is 0.0238. The Balaban J connectivity index is 1.34. The molecule has 12 heteroatoms. The summed E-state index contributed by atoms with van der Waals surface area (Å²) in [6.45, 7) is 5.56. The van der Waals surface area contributed by atoms with Gasteiger partial charge in [-0.05, 0) is 56.2 Å². The van der Waals surface area contributed by atoms with Gasteiger partial charge in [-0.2, -0.15) is 4.39 Å². The van der Waals surface area contributed by atoms with Crippen LogP contribution in [0.5, 0.6) is 17.4 Å². The van der Waals surface area contributed by atoms with Crippen LogP contribution in [0.15, 0.2) is 36.7 Å². The number of aromatic nitrogens is 4. The summed E-state index contributed by atoms with van der Waals surface area (Å²) < 4.78 is 32.1. The van der Waals surface area contributed by atoms with Crippen LogP contribution in [0, 0.1) is 26.7 Å². The van der Waals surface area contributed by atoms with Crippen LogP contribution < -0.4 is 19.1 Å². The largest absolute Gasteiger partial charge is 0.484 e. The summed E-state index contributed by atoms with van der Waals surface area (Å²) in [4.78, 5) is 30.8. The van der Waals surface area contributed by atoms with Gasteiger partial charge < -0.3 is 19.3 Å². The summed E-state index contributed by atoms with van der Waals surface area (Å²) >= 11 is 1.47. The van der Waals surface area contributed by atoms with Crippen molar-refractivity contribution in [2.45, 2.75) is 26.9 Å². The monoisotopic (exact) mass is 561 g/mol. The number of rotatable bonds is 5. The highest BCUT2D eigenvalue weighted by molar-refractivity contribution is 7.22. The van der Waals surface area contributed by atoms with E-state index in [2.05, 4.69) is 15.0 Å². The molecule has 0 bridgehead atoms. The van der Waals surface area contributed by atoms with E-state index in [0.29, 0.717) is 28.4 Å². The second-order valence-electron chi connectivity index (χ2n) is 9.56. The number of thiazole rings is 1. The SMILES string of the molecule is COc1cnc2c(-c3nc4c(C)cc5c(c4s3)OCC(CN(C(=O)O)c3cnc(F)c(C)c3)O5)cc(C)cc2n1. The maximum absolute atomic E-state index is 13.7. The van der Waals surface area contributed by atoms with Crippen molar-refractivity contribution in [1.29, 1.82) is 0 Å². The molecular weight excluding hydrogens is 537 g/mol. The van der Waals surface area contributed by atoms with E-state index in [-0.39, 0.29) is 24.4 Å². The number of methoxy groups -OCH3 is 1. The van der Waals surface area contributed by atoms with Crippen molar-refractivity contribution in [3.8, 4) is 28.0 Å². The third kappa shape index (κ3) is 4.49. The Hall–Kier alpha value is -4.58. The average molecular weight is 562 g/mol. The number of benzene rings is 2. The number of carboxylic acid groups (broad SMARTS) is 1. The molecule has 1 N–H and O–H groups in total. The third-order valence-electron chi connectivity index (χ3n) is 6.62. The van der Waals surface area contributed by atoms with E-state index in [1.165, 1.54) is 30.5 Å². The van der Waals surface area contributed by atoms with Crippen LogP contribution >= 0.6 is 11.3 Å². The molecule has 0 aliphatic carbocycles. The van der Waals surface area contributed by atoms with Gasteiger partial charge in [0.25, 0.3) is 0 Å². The highest BCUT2D eigenvalue weighted by atomic mass is 32.1. The number of hydrogen-bond acceptors (Lipinski definition) is 9. The number of aryl methyl sites for hydroxylation is 3. The smallest absolute Gasteiger partial charge is 0.411 e. The van der Waals surface area contributed by atoms with Crippen LogP contribution in [0.1, 0.15) is 16.7 Å². The molecule has 6 rings (SSSR count). The van der Waals surface area contributed by atoms with Gasteiger partial charge in [0.1, 0.15) is 16.3 Å². The van der Waals surface area contributed by atoms with E-state index in [4.69, 9.17) is 19.2 Å². The Morgan fingerprint density at radius 2 is 1.95 bits per heavy atom. The van der Waals surface area contributed by atoms with Gasteiger partial charge in [-0.1, -0.05) is 0 Å². The van der Waals surface area contributed by atoms with Gasteiger partial charge in [-0.3, -0.25) is 4.90 Å². The molecule has 10 nitrogen and oxygen atoms in total. The molecule has 2 aromatic carbocycles. The first kappa shape index (κ1) is 25.7. The lowest BCUT2D eigenvalue weighted by Gasteiger charge is -2.30. The summed E-state index contributed by atoms with van der Waals surface area (Å²) in [5, 5.41) is 10.6. The minimum atomic E-state index is -1.20. The summed E-state index contributed by atoms with van der Waals surface area (Å²) in [5.41, 5.74) is 5.48. The molecule has 0 radical (unpaired) electrons. The number of hydrogen-bond donors (Lipinski definition) is 1. The van der Waals surface area contributed by atoms with Crippen LogP contribution in [0.25, 0.3) is 31.8 Å². The zero-order valence-corrected chi connectivity index (χ0v) is 22.9. The average Bonchev–Trinajstić information content (AvgIpc) is 3.38. The second-order valence-corrected chi connectivity index (χ2v) is 10.6. The van der Waals surface area contributed by atoms with Crippen molar-refractivity contribution in [1.82, 2.24) is 19.9 Å². The predicted molar refractivity (Wildman–Crippen MR) is 148 cm³/mol. The first-order valence-electron chi connectivity index (χ1n) is 12.4. The number of anilines is 1. The topological polar surface area (TPSA) is 120 Å².